The molecule has 0 saturated carbocycles. The SMILES string of the molecule is CC(=O)N1CC[C@@H]2CN(c3ccc(CNc4ccc(OCc5ccc(C(F)(F)F)nc5)nn4)cc3)C[C@@H]2CC1.CC(=O)N1CC[C@@H]2CNC[C@@H]2CC1.Cl.FC(F)(F)c1ccc(COc2ccc(NCc3ccc(Br)cc3)nn2)cn1. The van der Waals surface area contributed by atoms with Crippen molar-refractivity contribution in [2.75, 3.05) is 67.9 Å². The Kier molecular flexibility index (Phi) is 21.7. The van der Waals surface area contributed by atoms with E-state index in [2.05, 4.69) is 91.4 Å². The van der Waals surface area contributed by atoms with Crippen LogP contribution < -0.4 is 30.3 Å². The molecule has 4 fully saturated rings. The number of nitrogens with one attached hydrogen (secondary N) is 3. The molecule has 4 saturated heterocycles. The molecule has 8 heterocycles. The Morgan fingerprint density at radius 2 is 0.963 bits per heavy atom. The number of amides is 2. The summed E-state index contributed by atoms with van der Waals surface area (Å²) in [5.41, 5.74) is 2.55. The van der Waals surface area contributed by atoms with Gasteiger partial charge in [0.05, 0.1) is 0 Å². The number of carbonyl (C=O) groups excluding carboxylic acids is 2. The van der Waals surface area contributed by atoms with Crippen LogP contribution in [0.15, 0.2) is 114 Å². The van der Waals surface area contributed by atoms with Crippen LogP contribution in [0.2, 0.25) is 0 Å². The molecule has 4 aliphatic heterocycles. The Morgan fingerprint density at radius 1 is 0.562 bits per heavy atom. The standard InChI is InChI=1S/C28H31F3N6O2.C18H14BrF3N4O.C10H18N2O.ClH/c1-19(38)36-12-10-22-16-37(17-23(22)11-13-36)24-5-2-20(3-6-24)14-33-26-8-9-27(35-34-26)39-18-21-4-7-25(32-15-21)28(29,30)31;19-14-4-1-12(2-5-14)9-24-16-7-8-17(26-25-16)27-11-13-3-6-15(23-10-13)18(20,21)22;1-8(13)12-4-2-9-6-11-7-10(9)3-5-12;/h2-9,15,22-23H,10-14,16-18H2,1H3,(H,33,34);1-8,10H,9,11H2,(H,24,25);9-11H,2-7H2,1H3;1H/t22-,23+;;9-,10+;. The number of rotatable bonds is 13. The molecule has 2 aromatic carbocycles. The monoisotopic (exact) mass is 1200 g/mol. The molecule has 0 spiro atoms. The van der Waals surface area contributed by atoms with E-state index in [0.717, 1.165) is 117 Å². The van der Waals surface area contributed by atoms with Gasteiger partial charge in [-0.15, -0.1) is 32.8 Å². The first kappa shape index (κ1) is 60.8. The smallest absolute Gasteiger partial charge is 0.433 e. The van der Waals surface area contributed by atoms with E-state index in [1.165, 1.54) is 30.7 Å². The molecule has 80 heavy (non-hydrogen) atoms. The van der Waals surface area contributed by atoms with Crippen LogP contribution in [0.5, 0.6) is 11.8 Å². The van der Waals surface area contributed by atoms with E-state index < -0.39 is 23.7 Å². The number of benzene rings is 2. The maximum atomic E-state index is 12.6. The van der Waals surface area contributed by atoms with Crippen LogP contribution in [0.1, 0.15) is 73.2 Å². The number of ether oxygens (including phenoxy) is 2. The lowest BCUT2D eigenvalue weighted by molar-refractivity contribution is -0.142. The molecule has 6 aromatic rings. The molecule has 428 valence electrons. The van der Waals surface area contributed by atoms with Gasteiger partial charge < -0.3 is 40.1 Å². The van der Waals surface area contributed by atoms with Gasteiger partial charge in [0.15, 0.2) is 0 Å². The number of hydrogen-bond donors (Lipinski definition) is 3. The molecule has 0 unspecified atom stereocenters. The van der Waals surface area contributed by atoms with Gasteiger partial charge in [-0.05, 0) is 122 Å². The van der Waals surface area contributed by atoms with E-state index in [0.29, 0.717) is 47.7 Å². The Labute approximate surface area is 475 Å². The highest BCUT2D eigenvalue weighted by Crippen LogP contribution is 2.35. The molecule has 24 heteroatoms. The third-order valence-electron chi connectivity index (χ3n) is 14.5. The van der Waals surface area contributed by atoms with E-state index in [4.69, 9.17) is 9.47 Å². The first-order valence-corrected chi connectivity index (χ1v) is 27.0. The molecule has 3 N–H and O–H groups in total. The van der Waals surface area contributed by atoms with Gasteiger partial charge in [-0.25, -0.2) is 0 Å². The molecule has 2 amide bonds. The van der Waals surface area contributed by atoms with Crippen LogP contribution in [-0.2, 0) is 48.2 Å². The molecule has 0 bridgehead atoms. The van der Waals surface area contributed by atoms with Gasteiger partial charge >= 0.3 is 12.4 Å². The van der Waals surface area contributed by atoms with Crippen LogP contribution in [0.3, 0.4) is 0 Å². The number of anilines is 3. The van der Waals surface area contributed by atoms with Gasteiger partial charge in [-0.2, -0.15) is 26.3 Å². The summed E-state index contributed by atoms with van der Waals surface area (Å²) in [7, 11) is 0. The normalized spacial score (nSPS) is 18.8. The highest BCUT2D eigenvalue weighted by atomic mass is 79.9. The quantitative estimate of drug-likeness (QED) is 0.0932. The van der Waals surface area contributed by atoms with Crippen molar-refractivity contribution in [3.8, 4) is 11.8 Å². The lowest BCUT2D eigenvalue weighted by atomic mass is 9.92. The lowest BCUT2D eigenvalue weighted by Crippen LogP contribution is -2.31. The third-order valence-corrected chi connectivity index (χ3v) is 15.0. The summed E-state index contributed by atoms with van der Waals surface area (Å²) in [6.07, 6.45) is -2.13. The Hall–Kier alpha value is -6.85. The number of alkyl halides is 6. The van der Waals surface area contributed by atoms with Crippen molar-refractivity contribution in [2.24, 2.45) is 23.7 Å². The zero-order chi connectivity index (χ0) is 55.9. The van der Waals surface area contributed by atoms with E-state index in [1.54, 1.807) is 38.1 Å². The maximum Gasteiger partial charge on any atom is 0.433 e. The minimum atomic E-state index is -4.47. The second-order valence-electron chi connectivity index (χ2n) is 20.0. The van der Waals surface area contributed by atoms with Crippen LogP contribution >= 0.6 is 28.3 Å². The molecule has 4 atom stereocenters. The first-order valence-electron chi connectivity index (χ1n) is 26.2. The summed E-state index contributed by atoms with van der Waals surface area (Å²) in [5, 5.41) is 25.9. The molecular weight excluding hydrogens is 1130 g/mol. The fraction of sp³-hybridized carbons (Fsp3) is 0.429. The molecule has 16 nitrogen and oxygen atoms in total. The highest BCUT2D eigenvalue weighted by Gasteiger charge is 2.36. The third kappa shape index (κ3) is 18.1. The van der Waals surface area contributed by atoms with Crippen molar-refractivity contribution in [3.63, 3.8) is 0 Å². The fourth-order valence-electron chi connectivity index (χ4n) is 9.87. The minimum Gasteiger partial charge on any atom is -0.472 e. The topological polar surface area (TPSA) is 176 Å². The maximum absolute atomic E-state index is 12.6. The van der Waals surface area contributed by atoms with Crippen molar-refractivity contribution >= 4 is 57.5 Å². The van der Waals surface area contributed by atoms with Crippen molar-refractivity contribution < 1.29 is 45.4 Å². The summed E-state index contributed by atoms with van der Waals surface area (Å²) >= 11 is 3.38. The minimum absolute atomic E-state index is 0. The van der Waals surface area contributed by atoms with Gasteiger partial charge in [0.2, 0.25) is 23.6 Å². The van der Waals surface area contributed by atoms with Gasteiger partial charge in [-0.3, -0.25) is 19.6 Å². The number of carbonyl (C=O) groups is 2. The van der Waals surface area contributed by atoms with Gasteiger partial charge in [0.25, 0.3) is 0 Å². The molecule has 0 radical (unpaired) electrons. The summed E-state index contributed by atoms with van der Waals surface area (Å²) in [6.45, 7) is 12.7. The van der Waals surface area contributed by atoms with Crippen molar-refractivity contribution in [3.05, 3.63) is 148 Å². The highest BCUT2D eigenvalue weighted by molar-refractivity contribution is 9.10. The van der Waals surface area contributed by atoms with Crippen molar-refractivity contribution in [1.82, 2.24) is 45.5 Å². The molecular formula is C56H64BrClF6N12O4. The average Bonchev–Trinajstić information content (AvgIpc) is 3.96. The first-order chi connectivity index (χ1) is 37.9. The van der Waals surface area contributed by atoms with Crippen LogP contribution in [-0.4, -0.2) is 104 Å². The second kappa shape index (κ2) is 28.5. The summed E-state index contributed by atoms with van der Waals surface area (Å²) in [6, 6.07) is 27.6. The zero-order valence-corrected chi connectivity index (χ0v) is 46.6. The Morgan fingerprint density at radius 3 is 1.32 bits per heavy atom. The predicted octanol–water partition coefficient (Wildman–Crippen LogP) is 10.5. The van der Waals surface area contributed by atoms with E-state index >= 15 is 0 Å². The largest absolute Gasteiger partial charge is 0.472 e. The number of fused-ring (bicyclic) bond motifs is 2. The Bertz CT molecular complexity index is 2850. The second-order valence-corrected chi connectivity index (χ2v) is 20.9. The predicted molar refractivity (Wildman–Crippen MR) is 296 cm³/mol. The average molecular weight is 1200 g/mol. The summed E-state index contributed by atoms with van der Waals surface area (Å²) in [5.74, 6) is 5.04. The number of halogens is 8. The van der Waals surface area contributed by atoms with E-state index in [1.807, 2.05) is 34.1 Å². The molecule has 0 aliphatic carbocycles. The fourth-order valence-corrected chi connectivity index (χ4v) is 10.1. The van der Waals surface area contributed by atoms with Crippen LogP contribution in [0.25, 0.3) is 0 Å². The van der Waals surface area contributed by atoms with Crippen molar-refractivity contribution in [1.29, 1.82) is 0 Å². The molecule has 4 aliphatic rings. The number of likely N-dealkylation sites (tertiary alicyclic amines) is 2. The summed E-state index contributed by atoms with van der Waals surface area (Å²) < 4.78 is 87.2. The van der Waals surface area contributed by atoms with E-state index in [-0.39, 0.29) is 49.2 Å². The number of pyridine rings is 2. The molecule has 10 rings (SSSR count). The van der Waals surface area contributed by atoms with E-state index in [9.17, 15) is 35.9 Å². The van der Waals surface area contributed by atoms with Crippen molar-refractivity contribution in [2.45, 2.75) is 78.2 Å². The van der Waals surface area contributed by atoms with Crippen LogP contribution in [0.4, 0.5) is 43.7 Å². The number of nitrogens with zero attached hydrogens (tertiary/aromatic N) is 9. The molecule has 4 aromatic heterocycles. The van der Waals surface area contributed by atoms with Gasteiger partial charge in [0, 0.05) is 112 Å². The summed E-state index contributed by atoms with van der Waals surface area (Å²) in [4.78, 5) is 36.1. The number of aromatic nitrogens is 6. The van der Waals surface area contributed by atoms with Gasteiger partial charge in [0.1, 0.15) is 36.2 Å². The lowest BCUT2D eigenvalue weighted by Gasteiger charge is -2.22. The van der Waals surface area contributed by atoms with Gasteiger partial charge in [-0.1, -0.05) is 52.3 Å². The number of hydrogen-bond acceptors (Lipinski definition) is 14. The van der Waals surface area contributed by atoms with Crippen LogP contribution in [0, 0.1) is 23.7 Å². The zero-order valence-electron chi connectivity index (χ0n) is 44.2. The Balaban J connectivity index is 0.000000194.